The van der Waals surface area contributed by atoms with Crippen LogP contribution >= 0.6 is 0 Å². The fourth-order valence-electron chi connectivity index (χ4n) is 2.54. The van der Waals surface area contributed by atoms with Crippen molar-refractivity contribution < 1.29 is 4.79 Å². The van der Waals surface area contributed by atoms with Crippen molar-refractivity contribution in [1.29, 1.82) is 0 Å². The molecule has 0 fully saturated rings. The Morgan fingerprint density at radius 2 is 2.14 bits per heavy atom. The molecule has 0 radical (unpaired) electrons. The summed E-state index contributed by atoms with van der Waals surface area (Å²) in [5.41, 5.74) is 10.2. The predicted molar refractivity (Wildman–Crippen MR) is 84.1 cm³/mol. The van der Waals surface area contributed by atoms with Crippen LogP contribution in [0.3, 0.4) is 0 Å². The summed E-state index contributed by atoms with van der Waals surface area (Å²) >= 11 is 0. The molecule has 0 spiro atoms. The number of hydrogen-bond donors (Lipinski definition) is 2. The number of carbonyl (C=O) groups is 1. The Hall–Kier alpha value is -2.30. The lowest BCUT2D eigenvalue weighted by Gasteiger charge is -2.17. The van der Waals surface area contributed by atoms with Crippen LogP contribution in [0.15, 0.2) is 24.4 Å². The minimum Gasteiger partial charge on any atom is -0.396 e. The lowest BCUT2D eigenvalue weighted by Crippen LogP contribution is -2.29. The minimum absolute atomic E-state index is 0.0855. The molecule has 3 N–H and O–H groups in total. The van der Waals surface area contributed by atoms with Gasteiger partial charge in [0.1, 0.15) is 5.69 Å². The lowest BCUT2D eigenvalue weighted by molar-refractivity contribution is 0.0930. The first-order valence-electron chi connectivity index (χ1n) is 7.13. The van der Waals surface area contributed by atoms with E-state index >= 15 is 0 Å². The quantitative estimate of drug-likeness (QED) is 0.907. The zero-order chi connectivity index (χ0) is 15.6. The Morgan fingerprint density at radius 1 is 1.43 bits per heavy atom. The van der Waals surface area contributed by atoms with Gasteiger partial charge in [-0.25, -0.2) is 0 Å². The van der Waals surface area contributed by atoms with Crippen molar-refractivity contribution in [2.75, 3.05) is 5.73 Å². The van der Waals surface area contributed by atoms with Gasteiger partial charge in [-0.05, 0) is 38.8 Å². The van der Waals surface area contributed by atoms with Gasteiger partial charge in [0.15, 0.2) is 0 Å². The van der Waals surface area contributed by atoms with Crippen molar-refractivity contribution in [3.05, 3.63) is 46.8 Å². The summed E-state index contributed by atoms with van der Waals surface area (Å²) in [5.74, 6) is -0.195. The van der Waals surface area contributed by atoms with E-state index in [1.807, 2.05) is 13.8 Å². The summed E-state index contributed by atoms with van der Waals surface area (Å²) in [5, 5.41) is 7.09. The summed E-state index contributed by atoms with van der Waals surface area (Å²) in [4.78, 5) is 12.4. The third-order valence-corrected chi connectivity index (χ3v) is 3.62. The highest BCUT2D eigenvalue weighted by Gasteiger charge is 2.19. The number of aromatic nitrogens is 2. The van der Waals surface area contributed by atoms with Gasteiger partial charge in [-0.2, -0.15) is 5.10 Å². The second-order valence-electron chi connectivity index (χ2n) is 5.32. The molecule has 21 heavy (non-hydrogen) atoms. The van der Waals surface area contributed by atoms with Crippen molar-refractivity contribution in [3.8, 4) is 0 Å². The highest BCUT2D eigenvalue weighted by molar-refractivity contribution is 5.97. The second-order valence-corrected chi connectivity index (χ2v) is 5.32. The molecular formula is C16H22N4O. The van der Waals surface area contributed by atoms with Crippen molar-refractivity contribution >= 4 is 11.6 Å². The zero-order valence-electron chi connectivity index (χ0n) is 13.0. The predicted octanol–water partition coefficient (Wildman–Crippen LogP) is 2.59. The number of rotatable bonds is 4. The molecule has 5 nitrogen and oxygen atoms in total. The van der Waals surface area contributed by atoms with E-state index in [0.29, 0.717) is 17.9 Å². The first-order chi connectivity index (χ1) is 9.93. The van der Waals surface area contributed by atoms with Crippen LogP contribution in [-0.4, -0.2) is 15.7 Å². The fraction of sp³-hybridized carbons (Fsp3) is 0.375. The first-order valence-corrected chi connectivity index (χ1v) is 7.13. The van der Waals surface area contributed by atoms with Gasteiger partial charge in [0.2, 0.25) is 0 Å². The van der Waals surface area contributed by atoms with Crippen LogP contribution in [0, 0.1) is 13.8 Å². The van der Waals surface area contributed by atoms with E-state index in [4.69, 9.17) is 5.73 Å². The maximum Gasteiger partial charge on any atom is 0.272 e. The average molecular weight is 286 g/mol. The van der Waals surface area contributed by atoms with E-state index in [1.165, 1.54) is 17.3 Å². The summed E-state index contributed by atoms with van der Waals surface area (Å²) in [7, 11) is 0. The van der Waals surface area contributed by atoms with Crippen LogP contribution in [0.4, 0.5) is 5.69 Å². The van der Waals surface area contributed by atoms with E-state index in [-0.39, 0.29) is 11.9 Å². The molecule has 1 aromatic carbocycles. The van der Waals surface area contributed by atoms with E-state index in [2.05, 4.69) is 42.5 Å². The monoisotopic (exact) mass is 286 g/mol. The largest absolute Gasteiger partial charge is 0.396 e. The normalized spacial score (nSPS) is 12.2. The average Bonchev–Trinajstić information content (AvgIpc) is 2.79. The van der Waals surface area contributed by atoms with Gasteiger partial charge in [0.05, 0.1) is 17.9 Å². The molecule has 0 saturated heterocycles. The van der Waals surface area contributed by atoms with E-state index in [0.717, 1.165) is 5.56 Å². The fourth-order valence-corrected chi connectivity index (χ4v) is 2.54. The highest BCUT2D eigenvalue weighted by Crippen LogP contribution is 2.20. The van der Waals surface area contributed by atoms with E-state index in [1.54, 1.807) is 4.68 Å². The molecule has 1 unspecified atom stereocenters. The molecule has 112 valence electrons. The van der Waals surface area contributed by atoms with Crippen molar-refractivity contribution in [2.45, 2.75) is 40.3 Å². The molecule has 1 aromatic heterocycles. The lowest BCUT2D eigenvalue weighted by atomic mass is 10.0. The number of anilines is 1. The van der Waals surface area contributed by atoms with Gasteiger partial charge >= 0.3 is 0 Å². The Labute approximate surface area is 125 Å². The number of nitrogen functional groups attached to an aromatic ring is 1. The van der Waals surface area contributed by atoms with E-state index in [9.17, 15) is 4.79 Å². The van der Waals surface area contributed by atoms with Crippen LogP contribution in [-0.2, 0) is 6.54 Å². The van der Waals surface area contributed by atoms with Gasteiger partial charge in [0.25, 0.3) is 5.91 Å². The molecule has 1 heterocycles. The molecule has 1 amide bonds. The Bertz CT molecular complexity index is 660. The number of nitrogens with one attached hydrogen (secondary N) is 1. The maximum absolute atomic E-state index is 12.4. The van der Waals surface area contributed by atoms with Gasteiger partial charge in [0, 0.05) is 6.54 Å². The number of aryl methyl sites for hydroxylation is 3. The molecule has 0 saturated carbocycles. The van der Waals surface area contributed by atoms with E-state index < -0.39 is 0 Å². The molecule has 0 aliphatic heterocycles. The molecule has 1 atom stereocenters. The van der Waals surface area contributed by atoms with Gasteiger partial charge in [-0.1, -0.05) is 23.8 Å². The minimum atomic E-state index is -0.195. The standard InChI is InChI=1S/C16H22N4O/c1-5-20-15(14(17)9-18-20)16(21)19-12(4)13-7-6-10(2)8-11(13)3/h6-9,12H,5,17H2,1-4H3,(H,19,21). The SMILES string of the molecule is CCn1ncc(N)c1C(=O)NC(C)c1ccc(C)cc1C. The van der Waals surface area contributed by atoms with Crippen LogP contribution in [0.2, 0.25) is 0 Å². The summed E-state index contributed by atoms with van der Waals surface area (Å²) in [6, 6.07) is 6.13. The van der Waals surface area contributed by atoms with Crippen molar-refractivity contribution in [3.63, 3.8) is 0 Å². The summed E-state index contributed by atoms with van der Waals surface area (Å²) < 4.78 is 1.61. The third kappa shape index (κ3) is 3.07. The Kier molecular flexibility index (Phi) is 4.31. The van der Waals surface area contributed by atoms with Gasteiger partial charge < -0.3 is 11.1 Å². The van der Waals surface area contributed by atoms with Crippen LogP contribution < -0.4 is 11.1 Å². The first kappa shape index (κ1) is 15.1. The molecule has 0 aliphatic carbocycles. The van der Waals surface area contributed by atoms with Crippen LogP contribution in [0.1, 0.15) is 47.1 Å². The molecule has 5 heteroatoms. The number of nitrogens with zero attached hydrogens (tertiary/aromatic N) is 2. The van der Waals surface area contributed by atoms with Crippen molar-refractivity contribution in [1.82, 2.24) is 15.1 Å². The highest BCUT2D eigenvalue weighted by atomic mass is 16.2. The zero-order valence-corrected chi connectivity index (χ0v) is 13.0. The van der Waals surface area contributed by atoms with Gasteiger partial charge in [-0.15, -0.1) is 0 Å². The third-order valence-electron chi connectivity index (χ3n) is 3.62. The maximum atomic E-state index is 12.4. The Balaban J connectivity index is 2.21. The molecule has 0 aliphatic rings. The number of carbonyl (C=O) groups excluding carboxylic acids is 1. The van der Waals surface area contributed by atoms with Crippen LogP contribution in [0.5, 0.6) is 0 Å². The molecule has 2 aromatic rings. The number of benzene rings is 1. The second kappa shape index (κ2) is 5.99. The topological polar surface area (TPSA) is 72.9 Å². The molecule has 0 bridgehead atoms. The number of hydrogen-bond acceptors (Lipinski definition) is 3. The number of amides is 1. The smallest absolute Gasteiger partial charge is 0.272 e. The molecular weight excluding hydrogens is 264 g/mol. The van der Waals surface area contributed by atoms with Crippen LogP contribution in [0.25, 0.3) is 0 Å². The Morgan fingerprint density at radius 3 is 2.76 bits per heavy atom. The van der Waals surface area contributed by atoms with Crippen molar-refractivity contribution in [2.24, 2.45) is 0 Å². The summed E-state index contributed by atoms with van der Waals surface area (Å²) in [6.07, 6.45) is 1.51. The molecule has 2 rings (SSSR count). The van der Waals surface area contributed by atoms with Gasteiger partial charge in [-0.3, -0.25) is 9.48 Å². The number of nitrogens with two attached hydrogens (primary N) is 1. The summed E-state index contributed by atoms with van der Waals surface area (Å²) in [6.45, 7) is 8.61.